The summed E-state index contributed by atoms with van der Waals surface area (Å²) < 4.78 is 0. The first-order valence-corrected chi connectivity index (χ1v) is 1.66. The van der Waals surface area contributed by atoms with Gasteiger partial charge in [-0.15, -0.1) is 6.58 Å². The molecule has 2 N–H and O–H groups in total. The Balaban J connectivity index is 3.05. The van der Waals surface area contributed by atoms with E-state index >= 15 is 0 Å². The number of carbonyl (C=O) groups is 1. The third-order valence-corrected chi connectivity index (χ3v) is 0.346. The van der Waals surface area contributed by atoms with Crippen LogP contribution in [0, 0.1) is 0 Å². The third-order valence-electron chi connectivity index (χ3n) is 0.346. The molecule has 0 radical (unpaired) electrons. The number of carbonyl (C=O) groups excluding carboxylic acids is 1. The normalized spacial score (nSPS) is 7.33. The van der Waals surface area contributed by atoms with Gasteiger partial charge in [0.05, 0.1) is 0 Å². The Kier molecular flexibility index (Phi) is 2.13. The van der Waals surface area contributed by atoms with Crippen LogP contribution in [0.2, 0.25) is 0 Å². The standard InChI is InChI=1S/C4H7NO/c1-2-3-4(5)6/h2H,1,3H2,(H2,5,6)/i3+2. The van der Waals surface area contributed by atoms with Crippen molar-refractivity contribution in [2.75, 3.05) is 0 Å². The molecule has 0 heterocycles. The Labute approximate surface area is 36.6 Å². The fraction of sp³-hybridized carbons (Fsp3) is 0.250. The maximum atomic E-state index is 9.75. The van der Waals surface area contributed by atoms with Crippen LogP contribution in [0.3, 0.4) is 0 Å². The van der Waals surface area contributed by atoms with Crippen molar-refractivity contribution in [1.82, 2.24) is 0 Å². The van der Waals surface area contributed by atoms with E-state index in [1.807, 2.05) is 0 Å². The van der Waals surface area contributed by atoms with E-state index in [0.29, 0.717) is 0 Å². The van der Waals surface area contributed by atoms with Crippen LogP contribution < -0.4 is 5.73 Å². The average Bonchev–Trinajstić information content (AvgIpc) is 1.35. The van der Waals surface area contributed by atoms with Crippen molar-refractivity contribution < 1.29 is 4.79 Å². The lowest BCUT2D eigenvalue weighted by atomic mass is 10.9. The van der Waals surface area contributed by atoms with Crippen molar-refractivity contribution in [3.8, 4) is 0 Å². The minimum Gasteiger partial charge on any atom is -0.369 e. The molecular formula is C4H7NO. The molecule has 34 valence electrons. The van der Waals surface area contributed by atoms with Crippen molar-refractivity contribution >= 4 is 5.91 Å². The number of hydrogen-bond donors (Lipinski definition) is 1. The van der Waals surface area contributed by atoms with Crippen LogP contribution in [-0.4, -0.2) is 5.91 Å². The molecule has 2 nitrogen and oxygen atoms in total. The molecule has 0 spiro atoms. The van der Waals surface area contributed by atoms with Crippen molar-refractivity contribution in [1.29, 1.82) is 0 Å². The van der Waals surface area contributed by atoms with Crippen LogP contribution >= 0.6 is 0 Å². The summed E-state index contributed by atoms with van der Waals surface area (Å²) in [6.45, 7) is 3.30. The smallest absolute Gasteiger partial charge is 0.221 e. The van der Waals surface area contributed by atoms with Gasteiger partial charge in [-0.2, -0.15) is 0 Å². The molecule has 0 unspecified atom stereocenters. The molecule has 0 fully saturated rings. The first-order valence-electron chi connectivity index (χ1n) is 1.66. The summed E-state index contributed by atoms with van der Waals surface area (Å²) in [6, 6.07) is 0. The lowest BCUT2D eigenvalue weighted by molar-refractivity contribution is -0.117. The molecule has 0 aromatic heterocycles. The van der Waals surface area contributed by atoms with Gasteiger partial charge in [-0.05, 0) is 0 Å². The fourth-order valence-corrected chi connectivity index (χ4v) is 0.142. The molecule has 0 saturated carbocycles. The van der Waals surface area contributed by atoms with E-state index in [-0.39, 0.29) is 12.3 Å². The SMILES string of the molecule is C=C[14CH2]C(N)=O. The molecule has 0 aliphatic heterocycles. The van der Waals surface area contributed by atoms with Gasteiger partial charge in [-0.25, -0.2) is 0 Å². The number of nitrogens with two attached hydrogens (primary N) is 1. The maximum Gasteiger partial charge on any atom is 0.221 e. The molecule has 1 amide bonds. The van der Waals surface area contributed by atoms with Gasteiger partial charge in [0.2, 0.25) is 5.91 Å². The largest absolute Gasteiger partial charge is 0.369 e. The second kappa shape index (κ2) is 2.45. The summed E-state index contributed by atoms with van der Waals surface area (Å²) in [4.78, 5) is 9.75. The van der Waals surface area contributed by atoms with E-state index in [2.05, 4.69) is 6.58 Å². The Hall–Kier alpha value is -0.790. The Morgan fingerprint density at radius 1 is 2.00 bits per heavy atom. The van der Waals surface area contributed by atoms with Gasteiger partial charge in [0.25, 0.3) is 0 Å². The summed E-state index contributed by atoms with van der Waals surface area (Å²) in [6.07, 6.45) is 1.75. The van der Waals surface area contributed by atoms with Gasteiger partial charge < -0.3 is 5.73 Å². The lowest BCUT2D eigenvalue weighted by Gasteiger charge is -1.76. The molecule has 2 heteroatoms. The molecular weight excluding hydrogens is 80.0 g/mol. The highest BCUT2D eigenvalue weighted by Gasteiger charge is 1.80. The second-order valence-electron chi connectivity index (χ2n) is 0.959. The molecule has 0 aliphatic carbocycles. The predicted molar refractivity (Wildman–Crippen MR) is 24.0 cm³/mol. The molecule has 0 bridgehead atoms. The van der Waals surface area contributed by atoms with Crippen molar-refractivity contribution in [2.45, 2.75) is 6.42 Å². The highest BCUT2D eigenvalue weighted by Crippen LogP contribution is 1.71. The van der Waals surface area contributed by atoms with Crippen LogP contribution in [0.5, 0.6) is 0 Å². The molecule has 6 heavy (non-hydrogen) atoms. The van der Waals surface area contributed by atoms with Gasteiger partial charge in [-0.1, -0.05) is 6.08 Å². The Morgan fingerprint density at radius 3 is 2.50 bits per heavy atom. The van der Waals surface area contributed by atoms with Gasteiger partial charge >= 0.3 is 0 Å². The molecule has 0 saturated heterocycles. The van der Waals surface area contributed by atoms with Crippen LogP contribution in [0.15, 0.2) is 12.7 Å². The number of rotatable bonds is 2. The first kappa shape index (κ1) is 5.21. The number of hydrogen-bond acceptors (Lipinski definition) is 1. The van der Waals surface area contributed by atoms with Crippen LogP contribution in [-0.2, 0) is 4.79 Å². The summed E-state index contributed by atoms with van der Waals surface area (Å²) in [5.74, 6) is -0.329. The van der Waals surface area contributed by atoms with Crippen molar-refractivity contribution in [3.05, 3.63) is 12.7 Å². The molecule has 0 aliphatic rings. The quantitative estimate of drug-likeness (QED) is 0.475. The fourth-order valence-electron chi connectivity index (χ4n) is 0.142. The van der Waals surface area contributed by atoms with E-state index in [1.165, 1.54) is 6.08 Å². The predicted octanol–water partition coefficient (Wildman–Crippen LogP) is 0.0478. The number of amides is 1. The summed E-state index contributed by atoms with van der Waals surface area (Å²) in [5, 5.41) is 0. The first-order chi connectivity index (χ1) is 2.77. The van der Waals surface area contributed by atoms with Crippen molar-refractivity contribution in [2.24, 2.45) is 5.73 Å². The van der Waals surface area contributed by atoms with Gasteiger partial charge in [0.1, 0.15) is 0 Å². The second-order valence-corrected chi connectivity index (χ2v) is 0.959. The lowest BCUT2D eigenvalue weighted by Crippen LogP contribution is -2.07. The van der Waals surface area contributed by atoms with E-state index < -0.39 is 0 Å². The summed E-state index contributed by atoms with van der Waals surface area (Å²) in [5.41, 5.74) is 4.69. The zero-order chi connectivity index (χ0) is 4.99. The Bertz CT molecular complexity index is 67.9. The summed E-state index contributed by atoms with van der Waals surface area (Å²) >= 11 is 0. The van der Waals surface area contributed by atoms with Crippen molar-refractivity contribution in [3.63, 3.8) is 0 Å². The molecule has 0 aromatic rings. The molecule has 0 rings (SSSR count). The number of primary amides is 1. The monoisotopic (exact) mass is 87.1 g/mol. The van der Waals surface area contributed by atoms with E-state index in [1.54, 1.807) is 0 Å². The zero-order valence-electron chi connectivity index (χ0n) is 3.48. The third kappa shape index (κ3) is 3.21. The zero-order valence-corrected chi connectivity index (χ0v) is 3.48. The minimum absolute atomic E-state index is 0.278. The average molecular weight is 87.1 g/mol. The molecule has 0 atom stereocenters. The minimum atomic E-state index is -0.329. The van der Waals surface area contributed by atoms with E-state index in [4.69, 9.17) is 5.73 Å². The summed E-state index contributed by atoms with van der Waals surface area (Å²) in [7, 11) is 0. The van der Waals surface area contributed by atoms with Crippen LogP contribution in [0.1, 0.15) is 6.42 Å². The topological polar surface area (TPSA) is 43.1 Å². The highest BCUT2D eigenvalue weighted by molar-refractivity contribution is 5.75. The van der Waals surface area contributed by atoms with Gasteiger partial charge in [-0.3, -0.25) is 4.79 Å². The Morgan fingerprint density at radius 2 is 2.50 bits per heavy atom. The highest BCUT2D eigenvalue weighted by atomic mass is 16.2. The van der Waals surface area contributed by atoms with E-state index in [0.717, 1.165) is 0 Å². The van der Waals surface area contributed by atoms with Gasteiger partial charge in [0, 0.05) is 6.42 Å². The van der Waals surface area contributed by atoms with E-state index in [9.17, 15) is 4.79 Å². The maximum absolute atomic E-state index is 9.75. The van der Waals surface area contributed by atoms with Crippen LogP contribution in [0.25, 0.3) is 0 Å². The van der Waals surface area contributed by atoms with Gasteiger partial charge in [0.15, 0.2) is 0 Å². The van der Waals surface area contributed by atoms with Crippen LogP contribution in [0.4, 0.5) is 0 Å². The molecule has 0 aromatic carbocycles.